The third-order valence-electron chi connectivity index (χ3n) is 5.76. The van der Waals surface area contributed by atoms with E-state index in [0.29, 0.717) is 23.7 Å². The summed E-state index contributed by atoms with van der Waals surface area (Å²) in [5, 5.41) is 4.54. The number of hydrogen-bond acceptors (Lipinski definition) is 6. The Morgan fingerprint density at radius 3 is 2.67 bits per heavy atom. The molecule has 0 spiro atoms. The van der Waals surface area contributed by atoms with Crippen LogP contribution in [-0.4, -0.2) is 47.7 Å². The van der Waals surface area contributed by atoms with Crippen LogP contribution in [0.1, 0.15) is 50.3 Å². The minimum atomic E-state index is -4.75. The van der Waals surface area contributed by atoms with E-state index >= 15 is 0 Å². The number of hydrogen-bond donors (Lipinski definition) is 0. The molecule has 208 valence electrons. The third-order valence-corrected chi connectivity index (χ3v) is 7.25. The summed E-state index contributed by atoms with van der Waals surface area (Å²) in [5.74, 6) is 1.25. The molecular formula is C27H30F3N5O3S. The Morgan fingerprint density at radius 2 is 1.95 bits per heavy atom. The SMILES string of the molecule is CCCN(CCC)S(=O)c1cccc(Cn2nc(-c3ncc(C4=CC=C(OC(F)(F)F)CC=C4)o3)nc2C)c1. The van der Waals surface area contributed by atoms with E-state index in [4.69, 9.17) is 4.42 Å². The second-order valence-electron chi connectivity index (χ2n) is 8.90. The minimum Gasteiger partial charge on any atom is -0.434 e. The number of oxazole rings is 1. The Kier molecular flexibility index (Phi) is 9.18. The Morgan fingerprint density at radius 1 is 1.18 bits per heavy atom. The molecular weight excluding hydrogens is 531 g/mol. The van der Waals surface area contributed by atoms with Crippen molar-refractivity contribution in [1.82, 2.24) is 24.1 Å². The van der Waals surface area contributed by atoms with Gasteiger partial charge in [-0.25, -0.2) is 23.2 Å². The highest BCUT2D eigenvalue weighted by Crippen LogP contribution is 2.28. The average molecular weight is 562 g/mol. The zero-order valence-corrected chi connectivity index (χ0v) is 22.8. The number of aryl methyl sites for hydroxylation is 1. The molecule has 1 aliphatic rings. The van der Waals surface area contributed by atoms with E-state index < -0.39 is 17.3 Å². The summed E-state index contributed by atoms with van der Waals surface area (Å²) in [6.07, 6.45) is 4.50. The standard InChI is InChI=1S/C27H30F3N5O3S/c1-4-14-34(15-5-2)39(36)23-11-6-8-20(16-23)18-35-19(3)32-25(33-35)26-31-17-24(37-26)21-9-7-10-22(13-12-21)38-27(28,29)30/h6-9,11-13,16-17H,4-5,10,14-15,18H2,1-3H3. The molecule has 2 heterocycles. The lowest BCUT2D eigenvalue weighted by molar-refractivity contribution is -0.305. The summed E-state index contributed by atoms with van der Waals surface area (Å²) >= 11 is 0. The van der Waals surface area contributed by atoms with Gasteiger partial charge in [0.05, 0.1) is 17.6 Å². The van der Waals surface area contributed by atoms with Gasteiger partial charge in [0.25, 0.3) is 5.89 Å². The van der Waals surface area contributed by atoms with Crippen LogP contribution in [0.25, 0.3) is 17.3 Å². The van der Waals surface area contributed by atoms with E-state index in [9.17, 15) is 17.4 Å². The van der Waals surface area contributed by atoms with Gasteiger partial charge in [0.2, 0.25) is 5.82 Å². The summed E-state index contributed by atoms with van der Waals surface area (Å²) in [4.78, 5) is 9.48. The molecule has 1 unspecified atom stereocenters. The van der Waals surface area contributed by atoms with Gasteiger partial charge in [0.15, 0.2) is 5.76 Å². The molecule has 8 nitrogen and oxygen atoms in total. The van der Waals surface area contributed by atoms with Crippen molar-refractivity contribution in [2.45, 2.75) is 57.8 Å². The summed E-state index contributed by atoms with van der Waals surface area (Å²) < 4.78 is 64.3. The largest absolute Gasteiger partial charge is 0.572 e. The molecule has 1 aliphatic carbocycles. The first kappa shape index (κ1) is 28.5. The molecule has 0 aliphatic heterocycles. The molecule has 2 aromatic heterocycles. The van der Waals surface area contributed by atoms with Crippen molar-refractivity contribution < 1.29 is 26.5 Å². The fourth-order valence-corrected chi connectivity index (χ4v) is 5.46. The summed E-state index contributed by atoms with van der Waals surface area (Å²) in [6, 6.07) is 7.63. The van der Waals surface area contributed by atoms with Crippen LogP contribution in [0.2, 0.25) is 0 Å². The number of alkyl halides is 3. The summed E-state index contributed by atoms with van der Waals surface area (Å²) in [6.45, 7) is 7.90. The molecule has 1 aromatic carbocycles. The first-order chi connectivity index (χ1) is 18.7. The number of allylic oxidation sites excluding steroid dienone is 5. The van der Waals surface area contributed by atoms with Gasteiger partial charge in [0, 0.05) is 25.1 Å². The fourth-order valence-electron chi connectivity index (χ4n) is 4.02. The average Bonchev–Trinajstić information content (AvgIpc) is 3.45. The molecule has 0 fully saturated rings. The summed E-state index contributed by atoms with van der Waals surface area (Å²) in [5.41, 5.74) is 1.47. The zero-order valence-electron chi connectivity index (χ0n) is 21.9. The number of benzene rings is 1. The van der Waals surface area contributed by atoms with Gasteiger partial charge in [0.1, 0.15) is 22.6 Å². The van der Waals surface area contributed by atoms with Gasteiger partial charge in [-0.15, -0.1) is 18.3 Å². The maximum absolute atomic E-state index is 13.1. The highest BCUT2D eigenvalue weighted by molar-refractivity contribution is 7.82. The van der Waals surface area contributed by atoms with Crippen molar-refractivity contribution in [3.63, 3.8) is 0 Å². The Balaban J connectivity index is 1.50. The van der Waals surface area contributed by atoms with E-state index in [0.717, 1.165) is 36.4 Å². The van der Waals surface area contributed by atoms with E-state index in [2.05, 4.69) is 33.7 Å². The second kappa shape index (κ2) is 12.6. The van der Waals surface area contributed by atoms with Gasteiger partial charge in [-0.1, -0.05) is 38.1 Å². The van der Waals surface area contributed by atoms with Gasteiger partial charge >= 0.3 is 6.36 Å². The normalized spacial score (nSPS) is 14.7. The highest BCUT2D eigenvalue weighted by atomic mass is 32.2. The molecule has 0 saturated carbocycles. The van der Waals surface area contributed by atoms with Crippen LogP contribution in [0.5, 0.6) is 0 Å². The molecule has 0 saturated heterocycles. The topological polar surface area (TPSA) is 86.3 Å². The van der Waals surface area contributed by atoms with Gasteiger partial charge in [-0.3, -0.25) is 0 Å². The minimum absolute atomic E-state index is 0.00428. The van der Waals surface area contributed by atoms with Gasteiger partial charge in [-0.05, 0) is 49.6 Å². The van der Waals surface area contributed by atoms with Crippen molar-refractivity contribution in [3.8, 4) is 11.7 Å². The van der Waals surface area contributed by atoms with E-state index in [1.165, 1.54) is 18.3 Å². The van der Waals surface area contributed by atoms with Crippen LogP contribution in [0.15, 0.2) is 69.8 Å². The van der Waals surface area contributed by atoms with Crippen molar-refractivity contribution >= 4 is 16.6 Å². The quantitative estimate of drug-likeness (QED) is 0.277. The van der Waals surface area contributed by atoms with Crippen LogP contribution in [0, 0.1) is 6.92 Å². The zero-order chi connectivity index (χ0) is 28.0. The smallest absolute Gasteiger partial charge is 0.434 e. The van der Waals surface area contributed by atoms with Crippen molar-refractivity contribution in [3.05, 3.63) is 77.7 Å². The van der Waals surface area contributed by atoms with Crippen molar-refractivity contribution in [2.75, 3.05) is 13.1 Å². The first-order valence-corrected chi connectivity index (χ1v) is 13.7. The van der Waals surface area contributed by atoms with Crippen LogP contribution in [-0.2, 0) is 22.3 Å². The maximum atomic E-state index is 13.1. The van der Waals surface area contributed by atoms with Crippen LogP contribution in [0.3, 0.4) is 0 Å². The predicted octanol–water partition coefficient (Wildman–Crippen LogP) is 6.20. The molecule has 12 heteroatoms. The predicted molar refractivity (Wildman–Crippen MR) is 141 cm³/mol. The molecule has 0 N–H and O–H groups in total. The second-order valence-corrected chi connectivity index (χ2v) is 10.4. The Hall–Kier alpha value is -3.51. The molecule has 39 heavy (non-hydrogen) atoms. The monoisotopic (exact) mass is 561 g/mol. The number of ether oxygens (including phenoxy) is 1. The number of rotatable bonds is 11. The van der Waals surface area contributed by atoms with E-state index in [-0.39, 0.29) is 23.9 Å². The maximum Gasteiger partial charge on any atom is 0.572 e. The summed E-state index contributed by atoms with van der Waals surface area (Å²) in [7, 11) is -1.24. The molecule has 3 aromatic rings. The Bertz CT molecular complexity index is 1400. The lowest BCUT2D eigenvalue weighted by atomic mass is 10.2. The fraction of sp³-hybridized carbons (Fsp3) is 0.370. The number of halogens is 3. The lowest BCUT2D eigenvalue weighted by Crippen LogP contribution is -2.27. The van der Waals surface area contributed by atoms with Crippen LogP contribution in [0.4, 0.5) is 13.2 Å². The molecule has 1 atom stereocenters. The molecule has 0 bridgehead atoms. The van der Waals surface area contributed by atoms with Gasteiger partial charge in [-0.2, -0.15) is 0 Å². The van der Waals surface area contributed by atoms with Crippen LogP contribution < -0.4 is 0 Å². The number of nitrogens with zero attached hydrogens (tertiary/aromatic N) is 5. The first-order valence-electron chi connectivity index (χ1n) is 12.6. The Labute approximate surface area is 227 Å². The van der Waals surface area contributed by atoms with Crippen LogP contribution >= 0.6 is 0 Å². The van der Waals surface area contributed by atoms with E-state index in [1.807, 2.05) is 35.5 Å². The van der Waals surface area contributed by atoms with E-state index in [1.54, 1.807) is 16.8 Å². The van der Waals surface area contributed by atoms with Crippen molar-refractivity contribution in [2.24, 2.45) is 0 Å². The number of aromatic nitrogens is 4. The lowest BCUT2D eigenvalue weighted by Gasteiger charge is -2.20. The molecule has 0 amide bonds. The molecule has 0 radical (unpaired) electrons. The third kappa shape index (κ3) is 7.54. The highest BCUT2D eigenvalue weighted by Gasteiger charge is 2.31. The van der Waals surface area contributed by atoms with Gasteiger partial charge < -0.3 is 9.15 Å². The molecule has 4 rings (SSSR count). The van der Waals surface area contributed by atoms with Crippen molar-refractivity contribution in [1.29, 1.82) is 0 Å².